The standard InChI is InChI=1S/C20H36O4Si/c1-8-9-15-21-20(6,7)24-25(22-17(2)3,23-18(4)5)16-19-13-11-10-12-14-19/h10-14,17-18H,8-9,15-16H2,1-7H3. The summed E-state index contributed by atoms with van der Waals surface area (Å²) in [4.78, 5) is 0. The van der Waals surface area contributed by atoms with E-state index in [9.17, 15) is 0 Å². The minimum atomic E-state index is -2.98. The third kappa shape index (κ3) is 8.97. The van der Waals surface area contributed by atoms with E-state index in [1.54, 1.807) is 0 Å². The summed E-state index contributed by atoms with van der Waals surface area (Å²) < 4.78 is 25.1. The number of hydrogen-bond acceptors (Lipinski definition) is 4. The number of hydrogen-bond donors (Lipinski definition) is 0. The van der Waals surface area contributed by atoms with Crippen molar-refractivity contribution in [3.8, 4) is 0 Å². The van der Waals surface area contributed by atoms with E-state index in [0.29, 0.717) is 12.7 Å². The molecule has 0 radical (unpaired) electrons. The van der Waals surface area contributed by atoms with Gasteiger partial charge in [-0.25, -0.2) is 0 Å². The smallest absolute Gasteiger partial charge is 0.371 e. The fourth-order valence-corrected chi connectivity index (χ4v) is 6.00. The van der Waals surface area contributed by atoms with Crippen molar-refractivity contribution in [2.24, 2.45) is 0 Å². The molecule has 0 fully saturated rings. The highest BCUT2D eigenvalue weighted by Gasteiger charge is 2.48. The minimum absolute atomic E-state index is 0.0144. The minimum Gasteiger partial charge on any atom is -0.371 e. The summed E-state index contributed by atoms with van der Waals surface area (Å²) in [6.45, 7) is 14.8. The highest BCUT2D eigenvalue weighted by Crippen LogP contribution is 2.27. The first-order valence-corrected chi connectivity index (χ1v) is 11.3. The molecule has 0 amide bonds. The zero-order chi connectivity index (χ0) is 18.9. The fraction of sp³-hybridized carbons (Fsp3) is 0.700. The Labute approximate surface area is 155 Å². The van der Waals surface area contributed by atoms with Gasteiger partial charge in [-0.1, -0.05) is 43.7 Å². The Morgan fingerprint density at radius 1 is 0.960 bits per heavy atom. The molecule has 0 bridgehead atoms. The topological polar surface area (TPSA) is 36.9 Å². The van der Waals surface area contributed by atoms with Crippen LogP contribution in [0, 0.1) is 0 Å². The van der Waals surface area contributed by atoms with Gasteiger partial charge >= 0.3 is 8.80 Å². The Bertz CT molecular complexity index is 464. The third-order valence-electron chi connectivity index (χ3n) is 3.44. The van der Waals surface area contributed by atoms with Crippen LogP contribution in [-0.4, -0.2) is 33.4 Å². The molecule has 25 heavy (non-hydrogen) atoms. The summed E-state index contributed by atoms with van der Waals surface area (Å²) in [5.74, 6) is -0.750. The Hall–Kier alpha value is -0.723. The lowest BCUT2D eigenvalue weighted by Crippen LogP contribution is -2.56. The van der Waals surface area contributed by atoms with Gasteiger partial charge in [-0.05, 0) is 53.5 Å². The number of rotatable bonds is 12. The maximum atomic E-state index is 6.47. The average molecular weight is 369 g/mol. The van der Waals surface area contributed by atoms with Crippen LogP contribution < -0.4 is 0 Å². The molecule has 0 N–H and O–H groups in total. The summed E-state index contributed by atoms with van der Waals surface area (Å²) in [6.07, 6.45) is 2.13. The first-order valence-electron chi connectivity index (χ1n) is 9.41. The normalized spacial score (nSPS) is 13.0. The molecule has 144 valence electrons. The van der Waals surface area contributed by atoms with E-state index in [2.05, 4.69) is 19.1 Å². The van der Waals surface area contributed by atoms with E-state index in [0.717, 1.165) is 18.4 Å². The van der Waals surface area contributed by atoms with E-state index in [-0.39, 0.29) is 12.2 Å². The van der Waals surface area contributed by atoms with Gasteiger partial charge in [0.05, 0.1) is 0 Å². The summed E-state index contributed by atoms with van der Waals surface area (Å²) in [6, 6.07) is 10.9. The van der Waals surface area contributed by atoms with Crippen molar-refractivity contribution in [2.75, 3.05) is 6.61 Å². The van der Waals surface area contributed by atoms with Gasteiger partial charge in [0.1, 0.15) is 0 Å². The average Bonchev–Trinajstić information content (AvgIpc) is 2.45. The second-order valence-corrected chi connectivity index (χ2v) is 9.78. The van der Waals surface area contributed by atoms with Gasteiger partial charge in [0, 0.05) is 24.9 Å². The van der Waals surface area contributed by atoms with Gasteiger partial charge in [0.2, 0.25) is 0 Å². The van der Waals surface area contributed by atoms with Gasteiger partial charge in [-0.15, -0.1) is 0 Å². The fourth-order valence-electron chi connectivity index (χ4n) is 2.63. The van der Waals surface area contributed by atoms with Crippen molar-refractivity contribution in [1.82, 2.24) is 0 Å². The molecule has 0 unspecified atom stereocenters. The summed E-state index contributed by atoms with van der Waals surface area (Å²) in [7, 11) is -2.98. The lowest BCUT2D eigenvalue weighted by atomic mass is 10.2. The Morgan fingerprint density at radius 3 is 2.00 bits per heavy atom. The molecule has 0 aliphatic rings. The van der Waals surface area contributed by atoms with Crippen LogP contribution in [0.4, 0.5) is 0 Å². The molecule has 0 aromatic heterocycles. The maximum absolute atomic E-state index is 6.47. The summed E-state index contributed by atoms with van der Waals surface area (Å²) in [5, 5.41) is 0. The molecule has 0 aliphatic carbocycles. The van der Waals surface area contributed by atoms with Gasteiger partial charge < -0.3 is 18.0 Å². The van der Waals surface area contributed by atoms with Crippen molar-refractivity contribution in [3.05, 3.63) is 35.9 Å². The molecule has 0 spiro atoms. The van der Waals surface area contributed by atoms with Crippen LogP contribution >= 0.6 is 0 Å². The van der Waals surface area contributed by atoms with Crippen molar-refractivity contribution >= 4 is 8.80 Å². The molecule has 0 saturated carbocycles. The van der Waals surface area contributed by atoms with Gasteiger partial charge in [-0.2, -0.15) is 0 Å². The molecule has 1 rings (SSSR count). The van der Waals surface area contributed by atoms with E-state index >= 15 is 0 Å². The van der Waals surface area contributed by atoms with Crippen LogP contribution in [0.15, 0.2) is 30.3 Å². The second kappa shape index (κ2) is 10.4. The monoisotopic (exact) mass is 368 g/mol. The van der Waals surface area contributed by atoms with Crippen molar-refractivity contribution in [1.29, 1.82) is 0 Å². The largest absolute Gasteiger partial charge is 0.508 e. The van der Waals surface area contributed by atoms with E-state index in [1.165, 1.54) is 0 Å². The highest BCUT2D eigenvalue weighted by molar-refractivity contribution is 6.60. The SMILES string of the molecule is CCCCOC(C)(C)O[Si](Cc1ccccc1)(OC(C)C)OC(C)C. The van der Waals surface area contributed by atoms with Gasteiger partial charge in [0.25, 0.3) is 0 Å². The number of unbranched alkanes of at least 4 members (excludes halogenated alkanes) is 1. The predicted molar refractivity (Wildman–Crippen MR) is 104 cm³/mol. The van der Waals surface area contributed by atoms with Crippen LogP contribution in [0.25, 0.3) is 0 Å². The Balaban J connectivity index is 3.04. The summed E-state index contributed by atoms with van der Waals surface area (Å²) >= 11 is 0. The zero-order valence-corrected chi connectivity index (χ0v) is 18.0. The number of benzene rings is 1. The Morgan fingerprint density at radius 2 is 1.52 bits per heavy atom. The molecule has 0 saturated heterocycles. The molecule has 1 aromatic carbocycles. The van der Waals surface area contributed by atoms with Crippen molar-refractivity contribution < 1.29 is 18.0 Å². The third-order valence-corrected chi connectivity index (χ3v) is 6.75. The van der Waals surface area contributed by atoms with E-state index in [4.69, 9.17) is 18.0 Å². The van der Waals surface area contributed by atoms with E-state index in [1.807, 2.05) is 59.7 Å². The molecular formula is C20H36O4Si. The maximum Gasteiger partial charge on any atom is 0.508 e. The van der Waals surface area contributed by atoms with Crippen LogP contribution in [0.5, 0.6) is 0 Å². The van der Waals surface area contributed by atoms with Crippen molar-refractivity contribution in [3.63, 3.8) is 0 Å². The van der Waals surface area contributed by atoms with Gasteiger partial charge in [0.15, 0.2) is 5.79 Å². The molecule has 0 heterocycles. The van der Waals surface area contributed by atoms with Crippen molar-refractivity contribution in [2.45, 2.75) is 85.3 Å². The van der Waals surface area contributed by atoms with E-state index < -0.39 is 14.6 Å². The molecular weight excluding hydrogens is 332 g/mol. The summed E-state index contributed by atoms with van der Waals surface area (Å²) in [5.41, 5.74) is 1.15. The lowest BCUT2D eigenvalue weighted by Gasteiger charge is -2.39. The first kappa shape index (κ1) is 22.3. The zero-order valence-electron chi connectivity index (χ0n) is 17.0. The Kier molecular flexibility index (Phi) is 9.31. The molecule has 1 aromatic rings. The highest BCUT2D eigenvalue weighted by atomic mass is 28.4. The lowest BCUT2D eigenvalue weighted by molar-refractivity contribution is -0.192. The van der Waals surface area contributed by atoms with Crippen LogP contribution in [0.1, 0.15) is 66.9 Å². The first-order chi connectivity index (χ1) is 11.7. The second-order valence-electron chi connectivity index (χ2n) is 7.38. The van der Waals surface area contributed by atoms with Crippen LogP contribution in [-0.2, 0) is 24.1 Å². The predicted octanol–water partition coefficient (Wildman–Crippen LogP) is 5.13. The molecule has 4 nitrogen and oxygen atoms in total. The molecule has 0 atom stereocenters. The van der Waals surface area contributed by atoms with Crippen LogP contribution in [0.3, 0.4) is 0 Å². The van der Waals surface area contributed by atoms with Gasteiger partial charge in [-0.3, -0.25) is 0 Å². The number of ether oxygens (including phenoxy) is 1. The quantitative estimate of drug-likeness (QED) is 0.291. The molecule has 0 aliphatic heterocycles. The van der Waals surface area contributed by atoms with Crippen LogP contribution in [0.2, 0.25) is 0 Å². The molecule has 5 heteroatoms.